The molecule has 1 rings (SSSR count). The van der Waals surface area contributed by atoms with Gasteiger partial charge in [-0.1, -0.05) is 31.5 Å². The third-order valence-electron chi connectivity index (χ3n) is 1.34. The lowest BCUT2D eigenvalue weighted by atomic mass is 10.2. The predicted octanol–water partition coefficient (Wildman–Crippen LogP) is 3.87. The number of aryl methyl sites for hydroxylation is 1. The Balaban J connectivity index is 0. The van der Waals surface area contributed by atoms with E-state index in [0.29, 0.717) is 0 Å². The smallest absolute Gasteiger partial charge is 0.0337 e. The first-order valence-corrected chi connectivity index (χ1v) is 4.57. The van der Waals surface area contributed by atoms with E-state index in [1.54, 1.807) is 0 Å². The van der Waals surface area contributed by atoms with Crippen molar-refractivity contribution in [3.05, 3.63) is 43.0 Å². The fraction of sp³-hybridized carbons (Fsp3) is 0.333. The Labute approximate surface area is 82.5 Å². The number of anilines is 1. The molecular weight excluding hydrogens is 158 g/mol. The quantitative estimate of drug-likeness (QED) is 0.645. The van der Waals surface area contributed by atoms with Crippen LogP contribution in [0.3, 0.4) is 0 Å². The summed E-state index contributed by atoms with van der Waals surface area (Å²) in [4.78, 5) is 0. The molecule has 0 aliphatic heterocycles. The van der Waals surface area contributed by atoms with Crippen molar-refractivity contribution in [2.75, 3.05) is 12.4 Å². The predicted molar refractivity (Wildman–Crippen MR) is 63.3 cm³/mol. The maximum atomic E-state index is 3.05. The van der Waals surface area contributed by atoms with Crippen LogP contribution in [0.25, 0.3) is 0 Å². The lowest BCUT2D eigenvalue weighted by molar-refractivity contribution is 1.44. The molecule has 1 nitrogen and oxygen atoms in total. The van der Waals surface area contributed by atoms with Gasteiger partial charge in [0.25, 0.3) is 0 Å². The molecule has 0 atom stereocenters. The van der Waals surface area contributed by atoms with Crippen LogP contribution in [0.15, 0.2) is 37.4 Å². The van der Waals surface area contributed by atoms with Gasteiger partial charge in [-0.15, -0.1) is 13.2 Å². The Morgan fingerprint density at radius 3 is 1.69 bits per heavy atom. The molecular formula is C12H21N. The van der Waals surface area contributed by atoms with E-state index in [1.807, 2.05) is 20.9 Å². The standard InChI is InChI=1S/C8H11N.C2H6.C2H4/c1-7-3-5-8(9-2)6-4-7;2*1-2/h3-6,9H,1-2H3;1-2H3;1-2H2. The van der Waals surface area contributed by atoms with Crippen LogP contribution in [0.2, 0.25) is 0 Å². The van der Waals surface area contributed by atoms with Crippen molar-refractivity contribution in [3.63, 3.8) is 0 Å². The van der Waals surface area contributed by atoms with Crippen LogP contribution in [-0.4, -0.2) is 7.05 Å². The van der Waals surface area contributed by atoms with Gasteiger partial charge in [0.1, 0.15) is 0 Å². The Bertz CT molecular complexity index is 189. The van der Waals surface area contributed by atoms with Crippen LogP contribution in [0.5, 0.6) is 0 Å². The number of hydrogen-bond acceptors (Lipinski definition) is 1. The third kappa shape index (κ3) is 7.13. The second-order valence-corrected chi connectivity index (χ2v) is 2.12. The highest BCUT2D eigenvalue weighted by atomic mass is 14.8. The van der Waals surface area contributed by atoms with Crippen molar-refractivity contribution >= 4 is 5.69 Å². The molecule has 0 radical (unpaired) electrons. The zero-order chi connectivity index (χ0) is 10.7. The Morgan fingerprint density at radius 1 is 1.00 bits per heavy atom. The van der Waals surface area contributed by atoms with E-state index in [2.05, 4.69) is 49.7 Å². The molecule has 0 amide bonds. The molecule has 0 saturated heterocycles. The molecule has 0 aliphatic carbocycles. The summed E-state index contributed by atoms with van der Waals surface area (Å²) in [6, 6.07) is 8.31. The molecule has 0 spiro atoms. The minimum atomic E-state index is 1.17. The number of rotatable bonds is 1. The zero-order valence-corrected chi connectivity index (χ0v) is 9.22. The Hall–Kier alpha value is -1.24. The minimum absolute atomic E-state index is 1.17. The summed E-state index contributed by atoms with van der Waals surface area (Å²) in [7, 11) is 1.92. The highest BCUT2D eigenvalue weighted by Gasteiger charge is 1.83. The topological polar surface area (TPSA) is 12.0 Å². The molecule has 0 aromatic heterocycles. The first-order valence-electron chi connectivity index (χ1n) is 4.57. The van der Waals surface area contributed by atoms with Crippen LogP contribution in [-0.2, 0) is 0 Å². The van der Waals surface area contributed by atoms with E-state index < -0.39 is 0 Å². The Morgan fingerprint density at radius 2 is 1.38 bits per heavy atom. The van der Waals surface area contributed by atoms with Crippen LogP contribution >= 0.6 is 0 Å². The maximum Gasteiger partial charge on any atom is 0.0337 e. The summed E-state index contributed by atoms with van der Waals surface area (Å²) in [6.07, 6.45) is 0. The first-order chi connectivity index (χ1) is 6.33. The lowest BCUT2D eigenvalue weighted by Gasteiger charge is -1.97. The van der Waals surface area contributed by atoms with E-state index in [1.165, 1.54) is 11.3 Å². The van der Waals surface area contributed by atoms with Gasteiger partial charge in [0, 0.05) is 12.7 Å². The normalized spacial score (nSPS) is 7.08. The van der Waals surface area contributed by atoms with Gasteiger partial charge in [-0.2, -0.15) is 0 Å². The van der Waals surface area contributed by atoms with Crippen LogP contribution in [0.1, 0.15) is 19.4 Å². The van der Waals surface area contributed by atoms with Gasteiger partial charge in [0.15, 0.2) is 0 Å². The maximum absolute atomic E-state index is 3.05. The zero-order valence-electron chi connectivity index (χ0n) is 9.22. The van der Waals surface area contributed by atoms with Crippen LogP contribution < -0.4 is 5.32 Å². The van der Waals surface area contributed by atoms with E-state index in [-0.39, 0.29) is 0 Å². The van der Waals surface area contributed by atoms with Gasteiger partial charge < -0.3 is 5.32 Å². The summed E-state index contributed by atoms with van der Waals surface area (Å²) in [5, 5.41) is 3.05. The summed E-state index contributed by atoms with van der Waals surface area (Å²) in [6.45, 7) is 12.1. The van der Waals surface area contributed by atoms with Gasteiger partial charge in [0.05, 0.1) is 0 Å². The number of hydrogen-bond donors (Lipinski definition) is 1. The van der Waals surface area contributed by atoms with E-state index in [0.717, 1.165) is 0 Å². The van der Waals surface area contributed by atoms with Crippen molar-refractivity contribution in [2.45, 2.75) is 20.8 Å². The molecule has 0 bridgehead atoms. The minimum Gasteiger partial charge on any atom is -0.388 e. The molecule has 0 aliphatic rings. The number of benzene rings is 1. The molecule has 1 N–H and O–H groups in total. The second-order valence-electron chi connectivity index (χ2n) is 2.12. The molecule has 0 unspecified atom stereocenters. The van der Waals surface area contributed by atoms with Gasteiger partial charge in [-0.05, 0) is 19.1 Å². The second kappa shape index (κ2) is 10.8. The average Bonchev–Trinajstić information content (AvgIpc) is 2.25. The summed E-state index contributed by atoms with van der Waals surface area (Å²) in [5.74, 6) is 0. The van der Waals surface area contributed by atoms with Gasteiger partial charge in [-0.25, -0.2) is 0 Å². The summed E-state index contributed by atoms with van der Waals surface area (Å²) >= 11 is 0. The molecule has 1 aromatic carbocycles. The van der Waals surface area contributed by atoms with Crippen LogP contribution in [0, 0.1) is 6.92 Å². The van der Waals surface area contributed by atoms with E-state index >= 15 is 0 Å². The fourth-order valence-electron chi connectivity index (χ4n) is 0.720. The number of nitrogens with one attached hydrogen (secondary N) is 1. The van der Waals surface area contributed by atoms with Crippen LogP contribution in [0.4, 0.5) is 5.69 Å². The van der Waals surface area contributed by atoms with Crippen molar-refractivity contribution < 1.29 is 0 Å². The molecule has 1 aromatic rings. The van der Waals surface area contributed by atoms with Crippen molar-refractivity contribution in [2.24, 2.45) is 0 Å². The molecule has 1 heteroatoms. The highest BCUT2D eigenvalue weighted by Crippen LogP contribution is 2.06. The molecule has 13 heavy (non-hydrogen) atoms. The third-order valence-corrected chi connectivity index (χ3v) is 1.34. The largest absolute Gasteiger partial charge is 0.388 e. The SMILES string of the molecule is C=C.CC.CNc1ccc(C)cc1. The van der Waals surface area contributed by atoms with Crippen molar-refractivity contribution in [1.29, 1.82) is 0 Å². The first kappa shape index (κ1) is 14.3. The summed E-state index contributed by atoms with van der Waals surface area (Å²) in [5.41, 5.74) is 2.47. The van der Waals surface area contributed by atoms with Gasteiger partial charge in [0.2, 0.25) is 0 Å². The average molecular weight is 179 g/mol. The monoisotopic (exact) mass is 179 g/mol. The molecule has 0 fully saturated rings. The Kier molecular flexibility index (Phi) is 11.8. The molecule has 74 valence electrons. The molecule has 0 saturated carbocycles. The molecule has 0 heterocycles. The van der Waals surface area contributed by atoms with Gasteiger partial charge in [-0.3, -0.25) is 0 Å². The van der Waals surface area contributed by atoms with E-state index in [9.17, 15) is 0 Å². The fourth-order valence-corrected chi connectivity index (χ4v) is 0.720. The lowest BCUT2D eigenvalue weighted by Crippen LogP contribution is -1.85. The van der Waals surface area contributed by atoms with Crippen molar-refractivity contribution in [3.8, 4) is 0 Å². The van der Waals surface area contributed by atoms with Gasteiger partial charge >= 0.3 is 0 Å². The van der Waals surface area contributed by atoms with E-state index in [4.69, 9.17) is 0 Å². The summed E-state index contributed by atoms with van der Waals surface area (Å²) < 4.78 is 0. The van der Waals surface area contributed by atoms with Crippen molar-refractivity contribution in [1.82, 2.24) is 0 Å². The highest BCUT2D eigenvalue weighted by molar-refractivity contribution is 5.43.